The fourth-order valence-corrected chi connectivity index (χ4v) is 4.23. The Morgan fingerprint density at radius 2 is 2.00 bits per heavy atom. The van der Waals surface area contributed by atoms with Crippen LogP contribution in [-0.2, 0) is 0 Å². The van der Waals surface area contributed by atoms with Crippen molar-refractivity contribution in [2.45, 2.75) is 25.9 Å². The van der Waals surface area contributed by atoms with Gasteiger partial charge in [-0.05, 0) is 56.0 Å². The highest BCUT2D eigenvalue weighted by molar-refractivity contribution is 7.22. The molecule has 0 N–H and O–H groups in total. The molecule has 1 saturated heterocycles. The molecule has 0 atom stereocenters. The van der Waals surface area contributed by atoms with E-state index in [9.17, 15) is 4.79 Å². The number of rotatable bonds is 7. The predicted octanol–water partition coefficient (Wildman–Crippen LogP) is 4.56. The number of benzene rings is 2. The van der Waals surface area contributed by atoms with Crippen molar-refractivity contribution in [3.05, 3.63) is 48.0 Å². The van der Waals surface area contributed by atoms with Crippen LogP contribution in [0.1, 0.15) is 30.1 Å². The van der Waals surface area contributed by atoms with Gasteiger partial charge in [0.2, 0.25) is 0 Å². The van der Waals surface area contributed by atoms with Crippen LogP contribution in [-0.4, -0.2) is 36.6 Å². The van der Waals surface area contributed by atoms with Gasteiger partial charge in [-0.2, -0.15) is 0 Å². The number of Topliss-reactive ketones (excluding diaryl/α,β-unsaturated/α-hetero) is 1. The second-order valence-corrected chi connectivity index (χ2v) is 8.62. The molecule has 0 amide bonds. The van der Waals surface area contributed by atoms with Gasteiger partial charge in [0.25, 0.3) is 0 Å². The molecule has 2 fully saturated rings. The largest absolute Gasteiger partial charge is 0.493 e. The topological polar surface area (TPSA) is 51.7 Å². The molecule has 3 aromatic rings. The molecule has 0 unspecified atom stereocenters. The molecule has 0 bridgehead atoms. The summed E-state index contributed by atoms with van der Waals surface area (Å²) in [6.45, 7) is 4.01. The molecule has 1 aliphatic heterocycles. The van der Waals surface area contributed by atoms with Crippen LogP contribution in [0.3, 0.4) is 0 Å². The van der Waals surface area contributed by atoms with Crippen molar-refractivity contribution in [3.8, 4) is 11.5 Å². The van der Waals surface area contributed by atoms with E-state index in [2.05, 4.69) is 4.90 Å². The quantitative estimate of drug-likeness (QED) is 0.550. The molecule has 2 aromatic carbocycles. The molecule has 5 rings (SSSR count). The average molecular weight is 394 g/mol. The van der Waals surface area contributed by atoms with Gasteiger partial charge in [-0.15, -0.1) is 0 Å². The summed E-state index contributed by atoms with van der Waals surface area (Å²) in [5.74, 6) is 2.55. The summed E-state index contributed by atoms with van der Waals surface area (Å²) in [5.41, 5.74) is 1.59. The van der Waals surface area contributed by atoms with E-state index in [1.165, 1.54) is 12.8 Å². The normalized spacial score (nSPS) is 16.8. The molecular formula is C22H22N2O3S. The molecule has 0 spiro atoms. The Bertz CT molecular complexity index is 1020. The number of ether oxygens (including phenoxy) is 2. The van der Waals surface area contributed by atoms with Gasteiger partial charge in [-0.1, -0.05) is 17.4 Å². The minimum Gasteiger partial charge on any atom is -0.493 e. The lowest BCUT2D eigenvalue weighted by Crippen LogP contribution is -2.54. The van der Waals surface area contributed by atoms with Crippen molar-refractivity contribution in [1.82, 2.24) is 4.98 Å². The number of nitrogens with zero attached hydrogens (tertiary/aromatic N) is 2. The fraction of sp³-hybridized carbons (Fsp3) is 0.364. The monoisotopic (exact) mass is 394 g/mol. The van der Waals surface area contributed by atoms with E-state index in [4.69, 9.17) is 14.5 Å². The Kier molecular flexibility index (Phi) is 4.43. The minimum absolute atomic E-state index is 0.0669. The summed E-state index contributed by atoms with van der Waals surface area (Å²) in [4.78, 5) is 18.5. The van der Waals surface area contributed by atoms with Crippen molar-refractivity contribution < 1.29 is 14.3 Å². The van der Waals surface area contributed by atoms with Gasteiger partial charge >= 0.3 is 0 Å². The number of thiazole rings is 1. The van der Waals surface area contributed by atoms with Crippen LogP contribution < -0.4 is 14.4 Å². The van der Waals surface area contributed by atoms with Gasteiger partial charge < -0.3 is 14.4 Å². The molecule has 0 radical (unpaired) electrons. The Hall–Kier alpha value is -2.60. The lowest BCUT2D eigenvalue weighted by Gasteiger charge is -2.38. The first-order valence-electron chi connectivity index (χ1n) is 9.70. The maximum Gasteiger partial charge on any atom is 0.186 e. The van der Waals surface area contributed by atoms with E-state index < -0.39 is 0 Å². The summed E-state index contributed by atoms with van der Waals surface area (Å²) in [6.07, 6.45) is 2.73. The summed E-state index contributed by atoms with van der Waals surface area (Å²) in [5, 5.41) is 0.983. The van der Waals surface area contributed by atoms with Crippen LogP contribution in [0, 0.1) is 5.92 Å². The molecular weight excluding hydrogens is 372 g/mol. The van der Waals surface area contributed by atoms with Crippen LogP contribution >= 0.6 is 11.3 Å². The summed E-state index contributed by atoms with van der Waals surface area (Å²) >= 11 is 1.66. The molecule has 5 nitrogen and oxygen atoms in total. The van der Waals surface area contributed by atoms with E-state index in [0.717, 1.165) is 52.5 Å². The number of hydrogen-bond donors (Lipinski definition) is 0. The Morgan fingerprint density at radius 1 is 1.18 bits per heavy atom. The van der Waals surface area contributed by atoms with Crippen LogP contribution in [0.5, 0.6) is 11.5 Å². The van der Waals surface area contributed by atoms with Gasteiger partial charge in [-0.25, -0.2) is 4.98 Å². The Labute approximate surface area is 167 Å². The highest BCUT2D eigenvalue weighted by atomic mass is 32.1. The molecule has 1 aliphatic carbocycles. The number of carbonyl (C=O) groups is 1. The van der Waals surface area contributed by atoms with Gasteiger partial charge in [0.05, 0.1) is 29.9 Å². The predicted molar refractivity (Wildman–Crippen MR) is 111 cm³/mol. The van der Waals surface area contributed by atoms with Crippen LogP contribution in [0.25, 0.3) is 10.2 Å². The zero-order chi connectivity index (χ0) is 19.1. The number of ketones is 1. The molecule has 2 aliphatic rings. The van der Waals surface area contributed by atoms with E-state index in [1.807, 2.05) is 42.5 Å². The second kappa shape index (κ2) is 7.09. The third-order valence-corrected chi connectivity index (χ3v) is 6.29. The molecule has 1 aromatic heterocycles. The van der Waals surface area contributed by atoms with Crippen molar-refractivity contribution in [1.29, 1.82) is 0 Å². The fourth-order valence-electron chi connectivity index (χ4n) is 3.27. The summed E-state index contributed by atoms with van der Waals surface area (Å²) in [7, 11) is 0. The highest BCUT2D eigenvalue weighted by Crippen LogP contribution is 2.34. The minimum atomic E-state index is 0.0669. The third-order valence-electron chi connectivity index (χ3n) is 5.19. The second-order valence-electron chi connectivity index (χ2n) is 7.61. The third kappa shape index (κ3) is 3.69. The number of anilines is 1. The van der Waals surface area contributed by atoms with Crippen molar-refractivity contribution in [2.75, 3.05) is 24.6 Å². The first-order valence-corrected chi connectivity index (χ1v) is 10.5. The standard InChI is InChI=1S/C22H22N2O3S/c1-14(25)16-7-8-21-20(9-16)23-22(28-21)24-11-19(12-24)27-18-4-2-3-17(10-18)26-13-15-5-6-15/h2-4,7-10,15,19H,5-6,11-13H2,1H3. The van der Waals surface area contributed by atoms with Crippen LogP contribution in [0.15, 0.2) is 42.5 Å². The Morgan fingerprint density at radius 3 is 2.79 bits per heavy atom. The lowest BCUT2D eigenvalue weighted by atomic mass is 10.1. The average Bonchev–Trinajstić information content (AvgIpc) is 3.39. The van der Waals surface area contributed by atoms with Gasteiger partial charge in [0.15, 0.2) is 10.9 Å². The van der Waals surface area contributed by atoms with Gasteiger partial charge in [-0.3, -0.25) is 4.79 Å². The van der Waals surface area contributed by atoms with E-state index >= 15 is 0 Å². The summed E-state index contributed by atoms with van der Waals surface area (Å²) < 4.78 is 13.0. The SMILES string of the molecule is CC(=O)c1ccc2sc(N3CC(Oc4cccc(OCC5CC5)c4)C3)nc2c1. The smallest absolute Gasteiger partial charge is 0.186 e. The number of fused-ring (bicyclic) bond motifs is 1. The zero-order valence-electron chi connectivity index (χ0n) is 15.8. The molecule has 2 heterocycles. The highest BCUT2D eigenvalue weighted by Gasteiger charge is 2.31. The van der Waals surface area contributed by atoms with Crippen LogP contribution in [0.4, 0.5) is 5.13 Å². The first kappa shape index (κ1) is 17.5. The number of aromatic nitrogens is 1. The molecule has 1 saturated carbocycles. The van der Waals surface area contributed by atoms with Gasteiger partial charge in [0.1, 0.15) is 17.6 Å². The maximum absolute atomic E-state index is 11.6. The molecule has 6 heteroatoms. The van der Waals surface area contributed by atoms with E-state index in [-0.39, 0.29) is 11.9 Å². The zero-order valence-corrected chi connectivity index (χ0v) is 16.6. The van der Waals surface area contributed by atoms with Crippen molar-refractivity contribution >= 4 is 32.5 Å². The number of hydrogen-bond acceptors (Lipinski definition) is 6. The number of carbonyl (C=O) groups excluding carboxylic acids is 1. The first-order chi connectivity index (χ1) is 13.6. The summed E-state index contributed by atoms with van der Waals surface area (Å²) in [6, 6.07) is 13.6. The molecule has 28 heavy (non-hydrogen) atoms. The van der Waals surface area contributed by atoms with Crippen LogP contribution in [0.2, 0.25) is 0 Å². The van der Waals surface area contributed by atoms with Crippen molar-refractivity contribution in [3.63, 3.8) is 0 Å². The lowest BCUT2D eigenvalue weighted by molar-refractivity contribution is 0.101. The maximum atomic E-state index is 11.6. The van der Waals surface area contributed by atoms with E-state index in [0.29, 0.717) is 5.56 Å². The Balaban J connectivity index is 1.20. The molecule has 144 valence electrons. The van der Waals surface area contributed by atoms with Gasteiger partial charge in [0, 0.05) is 11.6 Å². The van der Waals surface area contributed by atoms with E-state index in [1.54, 1.807) is 18.3 Å². The van der Waals surface area contributed by atoms with Crippen molar-refractivity contribution in [2.24, 2.45) is 5.92 Å².